The lowest BCUT2D eigenvalue weighted by Gasteiger charge is -2.32. The van der Waals surface area contributed by atoms with Gasteiger partial charge in [-0.05, 0) is 52.7 Å². The average molecular weight is 298 g/mol. The van der Waals surface area contributed by atoms with Crippen LogP contribution in [0.25, 0.3) is 0 Å². The number of hydrazine groups is 1. The van der Waals surface area contributed by atoms with Crippen LogP contribution in [0, 0.1) is 11.8 Å². The molecule has 1 heterocycles. The molecule has 1 fully saturated rings. The molecule has 3 N–H and O–H groups in total. The Bertz CT molecular complexity index is 352. The van der Waals surface area contributed by atoms with Gasteiger partial charge in [-0.1, -0.05) is 19.8 Å². The van der Waals surface area contributed by atoms with Crippen LogP contribution in [-0.4, -0.2) is 4.98 Å². The van der Waals surface area contributed by atoms with E-state index in [1.807, 2.05) is 18.3 Å². The summed E-state index contributed by atoms with van der Waals surface area (Å²) in [6.07, 6.45) is 6.98. The molecule has 0 spiro atoms. The van der Waals surface area contributed by atoms with Gasteiger partial charge in [0.1, 0.15) is 0 Å². The van der Waals surface area contributed by atoms with E-state index in [-0.39, 0.29) is 6.04 Å². The molecule has 3 unspecified atom stereocenters. The number of nitrogens with one attached hydrogen (secondary N) is 1. The van der Waals surface area contributed by atoms with Crippen LogP contribution in [0.4, 0.5) is 0 Å². The van der Waals surface area contributed by atoms with Gasteiger partial charge in [-0.3, -0.25) is 16.3 Å². The molecule has 0 radical (unpaired) electrons. The lowest BCUT2D eigenvalue weighted by molar-refractivity contribution is 0.222. The van der Waals surface area contributed by atoms with Crippen molar-refractivity contribution in [2.24, 2.45) is 17.7 Å². The number of hydrogen-bond acceptors (Lipinski definition) is 3. The molecular weight excluding hydrogens is 278 g/mol. The molecule has 2 rings (SSSR count). The summed E-state index contributed by atoms with van der Waals surface area (Å²) in [5, 5.41) is 0. The van der Waals surface area contributed by atoms with Crippen molar-refractivity contribution in [1.82, 2.24) is 10.4 Å². The SMILES string of the molecule is CC1CCCC(C(NN)c2ccc(Br)cn2)C1. The Hall–Kier alpha value is -0.450. The highest BCUT2D eigenvalue weighted by molar-refractivity contribution is 9.10. The first-order valence-corrected chi connectivity index (χ1v) is 7.07. The molecule has 0 amide bonds. The number of nitrogens with zero attached hydrogens (tertiary/aromatic N) is 1. The minimum absolute atomic E-state index is 0.186. The van der Waals surface area contributed by atoms with Gasteiger partial charge in [0.2, 0.25) is 0 Å². The van der Waals surface area contributed by atoms with Crippen molar-refractivity contribution >= 4 is 15.9 Å². The largest absolute Gasteiger partial charge is 0.271 e. The summed E-state index contributed by atoms with van der Waals surface area (Å²) in [6, 6.07) is 4.26. The fourth-order valence-electron chi connectivity index (χ4n) is 2.82. The maximum absolute atomic E-state index is 5.72. The second-order valence-electron chi connectivity index (χ2n) is 5.08. The number of pyridine rings is 1. The van der Waals surface area contributed by atoms with Crippen molar-refractivity contribution in [2.45, 2.75) is 38.6 Å². The van der Waals surface area contributed by atoms with Gasteiger partial charge in [-0.2, -0.15) is 0 Å². The molecule has 0 saturated heterocycles. The Morgan fingerprint density at radius 2 is 2.29 bits per heavy atom. The Morgan fingerprint density at radius 1 is 1.47 bits per heavy atom. The summed E-state index contributed by atoms with van der Waals surface area (Å²) < 4.78 is 1.01. The van der Waals surface area contributed by atoms with Crippen molar-refractivity contribution in [3.8, 4) is 0 Å². The van der Waals surface area contributed by atoms with Gasteiger partial charge >= 0.3 is 0 Å². The molecule has 3 nitrogen and oxygen atoms in total. The molecule has 1 saturated carbocycles. The molecule has 1 aromatic rings. The smallest absolute Gasteiger partial charge is 0.0660 e. The summed E-state index contributed by atoms with van der Waals surface area (Å²) in [7, 11) is 0. The van der Waals surface area contributed by atoms with Gasteiger partial charge in [-0.15, -0.1) is 0 Å². The number of rotatable bonds is 3. The van der Waals surface area contributed by atoms with E-state index in [0.717, 1.165) is 16.1 Å². The number of aromatic nitrogens is 1. The fraction of sp³-hybridized carbons (Fsp3) is 0.615. The predicted octanol–water partition coefficient (Wildman–Crippen LogP) is 3.17. The third-order valence-corrected chi connectivity index (χ3v) is 4.17. The lowest BCUT2D eigenvalue weighted by Crippen LogP contribution is -2.36. The van der Waals surface area contributed by atoms with E-state index in [4.69, 9.17) is 5.84 Å². The van der Waals surface area contributed by atoms with Crippen LogP contribution in [0.3, 0.4) is 0 Å². The van der Waals surface area contributed by atoms with Crippen LogP contribution in [-0.2, 0) is 0 Å². The highest BCUT2D eigenvalue weighted by Crippen LogP contribution is 2.36. The maximum Gasteiger partial charge on any atom is 0.0660 e. The standard InChI is InChI=1S/C13H20BrN3/c1-9-3-2-4-10(7-9)13(17-15)12-6-5-11(14)8-16-12/h5-6,8-10,13,17H,2-4,7,15H2,1H3. The van der Waals surface area contributed by atoms with Gasteiger partial charge in [0, 0.05) is 10.7 Å². The molecule has 0 aromatic carbocycles. The average Bonchev–Trinajstić information content (AvgIpc) is 2.33. The second-order valence-corrected chi connectivity index (χ2v) is 5.99. The van der Waals surface area contributed by atoms with Gasteiger partial charge in [-0.25, -0.2) is 0 Å². The first-order valence-electron chi connectivity index (χ1n) is 6.28. The molecule has 3 atom stereocenters. The van der Waals surface area contributed by atoms with Crippen LogP contribution in [0.15, 0.2) is 22.8 Å². The van der Waals surface area contributed by atoms with Gasteiger partial charge < -0.3 is 0 Å². The first kappa shape index (κ1) is 13.0. The van der Waals surface area contributed by atoms with E-state index in [0.29, 0.717) is 5.92 Å². The molecule has 1 aliphatic rings. The van der Waals surface area contributed by atoms with Gasteiger partial charge in [0.05, 0.1) is 11.7 Å². The topological polar surface area (TPSA) is 50.9 Å². The van der Waals surface area contributed by atoms with E-state index < -0.39 is 0 Å². The van der Waals surface area contributed by atoms with Crippen LogP contribution >= 0.6 is 15.9 Å². The van der Waals surface area contributed by atoms with Crippen molar-refractivity contribution < 1.29 is 0 Å². The fourth-order valence-corrected chi connectivity index (χ4v) is 3.05. The maximum atomic E-state index is 5.72. The molecule has 4 heteroatoms. The van der Waals surface area contributed by atoms with Gasteiger partial charge in [0.15, 0.2) is 0 Å². The molecule has 94 valence electrons. The van der Waals surface area contributed by atoms with E-state index in [2.05, 4.69) is 33.3 Å². The number of hydrogen-bond donors (Lipinski definition) is 2. The summed E-state index contributed by atoms with van der Waals surface area (Å²) >= 11 is 3.41. The highest BCUT2D eigenvalue weighted by Gasteiger charge is 2.27. The predicted molar refractivity (Wildman–Crippen MR) is 73.1 cm³/mol. The van der Waals surface area contributed by atoms with Crippen LogP contribution < -0.4 is 11.3 Å². The van der Waals surface area contributed by atoms with E-state index in [1.54, 1.807) is 0 Å². The quantitative estimate of drug-likeness (QED) is 0.665. The minimum Gasteiger partial charge on any atom is -0.271 e. The summed E-state index contributed by atoms with van der Waals surface area (Å²) in [6.45, 7) is 2.33. The molecule has 0 bridgehead atoms. The zero-order chi connectivity index (χ0) is 12.3. The minimum atomic E-state index is 0.186. The lowest BCUT2D eigenvalue weighted by atomic mass is 9.78. The van der Waals surface area contributed by atoms with Crippen molar-refractivity contribution in [1.29, 1.82) is 0 Å². The molecule has 17 heavy (non-hydrogen) atoms. The Labute approximate surface area is 111 Å². The Kier molecular flexibility index (Phi) is 4.54. The van der Waals surface area contributed by atoms with Crippen molar-refractivity contribution in [3.05, 3.63) is 28.5 Å². The Morgan fingerprint density at radius 3 is 2.88 bits per heavy atom. The molecule has 1 aromatic heterocycles. The number of halogens is 1. The van der Waals surface area contributed by atoms with E-state index in [9.17, 15) is 0 Å². The number of nitrogens with two attached hydrogens (primary N) is 1. The summed E-state index contributed by atoms with van der Waals surface area (Å²) in [5.41, 5.74) is 4.00. The molecule has 1 aliphatic carbocycles. The first-order chi connectivity index (χ1) is 8.20. The normalized spacial score (nSPS) is 26.8. The zero-order valence-corrected chi connectivity index (χ0v) is 11.8. The third kappa shape index (κ3) is 3.27. The van der Waals surface area contributed by atoms with Crippen molar-refractivity contribution in [3.63, 3.8) is 0 Å². The van der Waals surface area contributed by atoms with E-state index >= 15 is 0 Å². The van der Waals surface area contributed by atoms with Gasteiger partial charge in [0.25, 0.3) is 0 Å². The van der Waals surface area contributed by atoms with E-state index in [1.165, 1.54) is 25.7 Å². The monoisotopic (exact) mass is 297 g/mol. The van der Waals surface area contributed by atoms with Crippen LogP contribution in [0.1, 0.15) is 44.3 Å². The molecule has 0 aliphatic heterocycles. The zero-order valence-electron chi connectivity index (χ0n) is 10.2. The second kappa shape index (κ2) is 5.94. The summed E-state index contributed by atoms with van der Waals surface area (Å²) in [5.74, 6) is 7.13. The Balaban J connectivity index is 2.12. The summed E-state index contributed by atoms with van der Waals surface area (Å²) in [4.78, 5) is 4.46. The third-order valence-electron chi connectivity index (χ3n) is 3.70. The van der Waals surface area contributed by atoms with Crippen molar-refractivity contribution in [2.75, 3.05) is 0 Å². The molecular formula is C13H20BrN3. The van der Waals surface area contributed by atoms with Crippen LogP contribution in [0.2, 0.25) is 0 Å². The highest BCUT2D eigenvalue weighted by atomic mass is 79.9. The van der Waals surface area contributed by atoms with Crippen LogP contribution in [0.5, 0.6) is 0 Å².